The molecule has 2 heterocycles. The number of sulfone groups is 1. The van der Waals surface area contributed by atoms with Crippen molar-refractivity contribution in [1.29, 1.82) is 0 Å². The van der Waals surface area contributed by atoms with Gasteiger partial charge < -0.3 is 10.2 Å². The zero-order chi connectivity index (χ0) is 13.9. The van der Waals surface area contributed by atoms with Gasteiger partial charge in [-0.25, -0.2) is 8.42 Å². The quantitative estimate of drug-likeness (QED) is 0.828. The van der Waals surface area contributed by atoms with Crippen LogP contribution < -0.4 is 5.32 Å². The number of rotatable bonds is 5. The second-order valence-corrected chi connectivity index (χ2v) is 9.00. The Labute approximate surface area is 117 Å². The minimum atomic E-state index is -2.89. The van der Waals surface area contributed by atoms with Crippen molar-refractivity contribution >= 4 is 9.84 Å². The van der Waals surface area contributed by atoms with Crippen molar-refractivity contribution in [1.82, 2.24) is 10.2 Å². The maximum absolute atomic E-state index is 11.9. The highest BCUT2D eigenvalue weighted by Crippen LogP contribution is 2.24. The van der Waals surface area contributed by atoms with Crippen molar-refractivity contribution in [2.24, 2.45) is 5.92 Å². The fourth-order valence-electron chi connectivity index (χ4n) is 3.23. The summed E-state index contributed by atoms with van der Waals surface area (Å²) in [7, 11) is -2.89. The lowest BCUT2D eigenvalue weighted by Crippen LogP contribution is -2.45. The molecule has 2 atom stereocenters. The summed E-state index contributed by atoms with van der Waals surface area (Å²) < 4.78 is 23.7. The van der Waals surface area contributed by atoms with Crippen LogP contribution in [0.15, 0.2) is 0 Å². The topological polar surface area (TPSA) is 49.4 Å². The molecule has 2 rings (SSSR count). The van der Waals surface area contributed by atoms with Gasteiger partial charge >= 0.3 is 0 Å². The van der Waals surface area contributed by atoms with E-state index in [0.29, 0.717) is 18.3 Å². The lowest BCUT2D eigenvalue weighted by molar-refractivity contribution is 0.159. The van der Waals surface area contributed by atoms with Gasteiger partial charge in [0.2, 0.25) is 0 Å². The molecule has 0 amide bonds. The van der Waals surface area contributed by atoms with Crippen molar-refractivity contribution in [2.45, 2.75) is 50.8 Å². The molecular weight excluding hydrogens is 260 g/mol. The maximum Gasteiger partial charge on any atom is 0.153 e. The van der Waals surface area contributed by atoms with E-state index >= 15 is 0 Å². The van der Waals surface area contributed by atoms with Gasteiger partial charge in [0.15, 0.2) is 9.84 Å². The van der Waals surface area contributed by atoms with E-state index < -0.39 is 9.84 Å². The maximum atomic E-state index is 11.9. The highest BCUT2D eigenvalue weighted by Gasteiger charge is 2.29. The van der Waals surface area contributed by atoms with Gasteiger partial charge in [-0.1, -0.05) is 0 Å². The van der Waals surface area contributed by atoms with Crippen LogP contribution in [-0.4, -0.2) is 56.5 Å². The number of hydrogen-bond acceptors (Lipinski definition) is 4. The van der Waals surface area contributed by atoms with E-state index in [1.54, 1.807) is 13.8 Å². The first-order chi connectivity index (χ1) is 8.99. The van der Waals surface area contributed by atoms with Crippen LogP contribution in [0.2, 0.25) is 0 Å². The lowest BCUT2D eigenvalue weighted by Gasteiger charge is -2.35. The average Bonchev–Trinajstić information content (AvgIpc) is 2.90. The van der Waals surface area contributed by atoms with Gasteiger partial charge in [0.1, 0.15) is 0 Å². The molecule has 0 aliphatic carbocycles. The molecule has 0 aromatic heterocycles. The number of hydrogen-bond donors (Lipinski definition) is 1. The number of piperidine rings is 1. The highest BCUT2D eigenvalue weighted by molar-refractivity contribution is 7.92. The second kappa shape index (κ2) is 6.55. The Kier molecular flexibility index (Phi) is 5.26. The molecule has 2 aliphatic heterocycles. The molecule has 112 valence electrons. The third kappa shape index (κ3) is 4.17. The zero-order valence-electron chi connectivity index (χ0n) is 12.3. The Balaban J connectivity index is 1.81. The Morgan fingerprint density at radius 2 is 2.05 bits per heavy atom. The van der Waals surface area contributed by atoms with E-state index in [1.807, 2.05) is 0 Å². The molecule has 0 bridgehead atoms. The van der Waals surface area contributed by atoms with Crippen LogP contribution in [0.1, 0.15) is 39.5 Å². The number of nitrogens with zero attached hydrogens (tertiary/aromatic N) is 1. The molecular formula is C14H28N2O2S. The van der Waals surface area contributed by atoms with Crippen LogP contribution in [0, 0.1) is 5.92 Å². The van der Waals surface area contributed by atoms with Gasteiger partial charge in [0.25, 0.3) is 0 Å². The molecule has 2 aliphatic rings. The summed E-state index contributed by atoms with van der Waals surface area (Å²) in [6, 6.07) is 0.671. The van der Waals surface area contributed by atoms with Crippen molar-refractivity contribution in [3.8, 4) is 0 Å². The predicted molar refractivity (Wildman–Crippen MR) is 79.1 cm³/mol. The average molecular weight is 288 g/mol. The SMILES string of the molecule is CC(C)S(=O)(=O)CCN1CCCC(C2CCCN2)C1. The minimum absolute atomic E-state index is 0.246. The first kappa shape index (κ1) is 15.3. The minimum Gasteiger partial charge on any atom is -0.314 e. The fraction of sp³-hybridized carbons (Fsp3) is 1.00. The summed E-state index contributed by atoms with van der Waals surface area (Å²) in [6.07, 6.45) is 5.10. The van der Waals surface area contributed by atoms with Crippen LogP contribution in [0.5, 0.6) is 0 Å². The first-order valence-electron chi connectivity index (χ1n) is 7.66. The highest BCUT2D eigenvalue weighted by atomic mass is 32.2. The third-order valence-electron chi connectivity index (χ3n) is 4.62. The van der Waals surface area contributed by atoms with Gasteiger partial charge in [-0.3, -0.25) is 0 Å². The number of nitrogens with one attached hydrogen (secondary N) is 1. The Hall–Kier alpha value is -0.130. The summed E-state index contributed by atoms with van der Waals surface area (Å²) in [5.74, 6) is 1.04. The first-order valence-corrected chi connectivity index (χ1v) is 9.38. The Morgan fingerprint density at radius 3 is 2.68 bits per heavy atom. The molecule has 0 radical (unpaired) electrons. The monoisotopic (exact) mass is 288 g/mol. The van der Waals surface area contributed by atoms with E-state index in [1.165, 1.54) is 25.7 Å². The standard InChI is InChI=1S/C14H28N2O2S/c1-12(2)19(17,18)10-9-16-8-4-5-13(11-16)14-6-3-7-15-14/h12-15H,3-11H2,1-2H3. The van der Waals surface area contributed by atoms with Crippen LogP contribution in [0.4, 0.5) is 0 Å². The normalized spacial score (nSPS) is 30.1. The van der Waals surface area contributed by atoms with Crippen molar-refractivity contribution in [2.75, 3.05) is 31.9 Å². The third-order valence-corrected chi connectivity index (χ3v) is 6.81. The second-order valence-electron chi connectivity index (χ2n) is 6.32. The fourth-order valence-corrected chi connectivity index (χ4v) is 4.21. The van der Waals surface area contributed by atoms with Gasteiger partial charge in [0, 0.05) is 19.1 Å². The van der Waals surface area contributed by atoms with E-state index in [4.69, 9.17) is 0 Å². The zero-order valence-corrected chi connectivity index (χ0v) is 13.1. The van der Waals surface area contributed by atoms with Crippen LogP contribution in [0.25, 0.3) is 0 Å². The lowest BCUT2D eigenvalue weighted by atomic mass is 9.90. The molecule has 0 aromatic carbocycles. The Bertz CT molecular complexity index is 375. The Morgan fingerprint density at radius 1 is 1.26 bits per heavy atom. The summed E-state index contributed by atoms with van der Waals surface area (Å²) >= 11 is 0. The van der Waals surface area contributed by atoms with Crippen molar-refractivity contribution in [3.63, 3.8) is 0 Å². The summed E-state index contributed by atoms with van der Waals surface area (Å²) in [5, 5.41) is 3.35. The molecule has 2 saturated heterocycles. The van der Waals surface area contributed by atoms with E-state index in [2.05, 4.69) is 10.2 Å². The van der Waals surface area contributed by atoms with E-state index in [0.717, 1.165) is 25.6 Å². The molecule has 0 saturated carbocycles. The van der Waals surface area contributed by atoms with Crippen LogP contribution in [0.3, 0.4) is 0 Å². The molecule has 2 fully saturated rings. The molecule has 2 unspecified atom stereocenters. The van der Waals surface area contributed by atoms with Gasteiger partial charge in [-0.2, -0.15) is 0 Å². The summed E-state index contributed by atoms with van der Waals surface area (Å²) in [6.45, 7) is 7.56. The predicted octanol–water partition coefficient (Wildman–Crippen LogP) is 1.27. The molecule has 4 nitrogen and oxygen atoms in total. The molecule has 0 aromatic rings. The van der Waals surface area contributed by atoms with Gasteiger partial charge in [0.05, 0.1) is 11.0 Å². The molecule has 1 N–H and O–H groups in total. The smallest absolute Gasteiger partial charge is 0.153 e. The molecule has 19 heavy (non-hydrogen) atoms. The van der Waals surface area contributed by atoms with Gasteiger partial charge in [-0.15, -0.1) is 0 Å². The molecule has 5 heteroatoms. The van der Waals surface area contributed by atoms with E-state index in [9.17, 15) is 8.42 Å². The van der Waals surface area contributed by atoms with Crippen molar-refractivity contribution in [3.05, 3.63) is 0 Å². The van der Waals surface area contributed by atoms with Gasteiger partial charge in [-0.05, 0) is 58.5 Å². The van der Waals surface area contributed by atoms with Crippen molar-refractivity contribution < 1.29 is 8.42 Å². The summed E-state index contributed by atoms with van der Waals surface area (Å²) in [5.41, 5.74) is 0. The number of likely N-dealkylation sites (tertiary alicyclic amines) is 1. The van der Waals surface area contributed by atoms with E-state index in [-0.39, 0.29) is 5.25 Å². The molecule has 0 spiro atoms. The van der Waals surface area contributed by atoms with Crippen LogP contribution in [-0.2, 0) is 9.84 Å². The largest absolute Gasteiger partial charge is 0.314 e. The summed E-state index contributed by atoms with van der Waals surface area (Å²) in [4.78, 5) is 2.36. The van der Waals surface area contributed by atoms with Crippen LogP contribution >= 0.6 is 0 Å².